The van der Waals surface area contributed by atoms with Gasteiger partial charge in [0.05, 0.1) is 17.1 Å². The first-order chi connectivity index (χ1) is 16.5. The Morgan fingerprint density at radius 3 is 2.35 bits per heavy atom. The molecule has 0 bridgehead atoms. The number of rotatable bonds is 9. The number of aromatic nitrogens is 2. The van der Waals surface area contributed by atoms with Crippen molar-refractivity contribution in [3.63, 3.8) is 0 Å². The van der Waals surface area contributed by atoms with Crippen molar-refractivity contribution in [2.75, 3.05) is 13.1 Å². The minimum Gasteiger partial charge on any atom is -0.330 e. The molecule has 0 fully saturated rings. The fourth-order valence-corrected chi connectivity index (χ4v) is 4.65. The number of hydrogen-bond donors (Lipinski definition) is 1. The van der Waals surface area contributed by atoms with Crippen LogP contribution in [-0.2, 0) is 6.54 Å². The van der Waals surface area contributed by atoms with Gasteiger partial charge < -0.3 is 15.2 Å². The van der Waals surface area contributed by atoms with Gasteiger partial charge in [0.15, 0.2) is 0 Å². The SMILES string of the molecule is Cc1ccccc1C(=O)N(CCCN)C(c1nc2ccccc2n1Cc1ccccc1)C(C)C. The van der Waals surface area contributed by atoms with Crippen LogP contribution in [0.5, 0.6) is 0 Å². The molecular formula is C29H34N4O. The molecule has 1 unspecified atom stereocenters. The molecule has 0 aliphatic heterocycles. The summed E-state index contributed by atoms with van der Waals surface area (Å²) < 4.78 is 2.27. The van der Waals surface area contributed by atoms with Gasteiger partial charge in [-0.05, 0) is 55.1 Å². The molecule has 176 valence electrons. The second-order valence-electron chi connectivity index (χ2n) is 9.18. The van der Waals surface area contributed by atoms with Gasteiger partial charge in [0.2, 0.25) is 0 Å². The van der Waals surface area contributed by atoms with Crippen LogP contribution in [0.15, 0.2) is 78.9 Å². The Morgan fingerprint density at radius 2 is 1.65 bits per heavy atom. The second-order valence-corrected chi connectivity index (χ2v) is 9.18. The lowest BCUT2D eigenvalue weighted by Crippen LogP contribution is -2.40. The Morgan fingerprint density at radius 1 is 0.971 bits per heavy atom. The van der Waals surface area contributed by atoms with Crippen LogP contribution in [0.2, 0.25) is 0 Å². The monoisotopic (exact) mass is 454 g/mol. The lowest BCUT2D eigenvalue weighted by atomic mass is 9.98. The van der Waals surface area contributed by atoms with E-state index in [0.29, 0.717) is 19.6 Å². The molecule has 0 aliphatic carbocycles. The Bertz CT molecular complexity index is 1250. The van der Waals surface area contributed by atoms with E-state index in [1.807, 2.05) is 60.4 Å². The van der Waals surface area contributed by atoms with E-state index < -0.39 is 0 Å². The number of imidazole rings is 1. The Hall–Kier alpha value is -3.44. The third-order valence-corrected chi connectivity index (χ3v) is 6.34. The molecular weight excluding hydrogens is 420 g/mol. The average molecular weight is 455 g/mol. The Balaban J connectivity index is 1.85. The number of carbonyl (C=O) groups excluding carboxylic acids is 1. The minimum absolute atomic E-state index is 0.0311. The molecule has 1 amide bonds. The number of nitrogens with zero attached hydrogens (tertiary/aromatic N) is 3. The maximum absolute atomic E-state index is 13.9. The number of nitrogens with two attached hydrogens (primary N) is 1. The van der Waals surface area contributed by atoms with Gasteiger partial charge in [-0.2, -0.15) is 0 Å². The summed E-state index contributed by atoms with van der Waals surface area (Å²) in [4.78, 5) is 21.0. The molecule has 5 nitrogen and oxygen atoms in total. The van der Waals surface area contributed by atoms with Gasteiger partial charge >= 0.3 is 0 Å². The lowest BCUT2D eigenvalue weighted by molar-refractivity contribution is 0.0604. The van der Waals surface area contributed by atoms with Crippen LogP contribution >= 0.6 is 0 Å². The standard InChI is InChI=1S/C29H34N4O/c1-21(2)27(32(19-11-18-30)29(34)24-15-8-7-12-22(24)3)28-31-25-16-9-10-17-26(25)33(28)20-23-13-5-4-6-14-23/h4-10,12-17,21,27H,11,18-20,30H2,1-3H3. The van der Waals surface area contributed by atoms with Gasteiger partial charge in [-0.25, -0.2) is 4.98 Å². The van der Waals surface area contributed by atoms with E-state index in [9.17, 15) is 4.79 Å². The average Bonchev–Trinajstić information content (AvgIpc) is 3.19. The molecule has 34 heavy (non-hydrogen) atoms. The first kappa shape index (κ1) is 23.7. The van der Waals surface area contributed by atoms with Crippen molar-refractivity contribution < 1.29 is 4.79 Å². The predicted octanol–water partition coefficient (Wildman–Crippen LogP) is 5.58. The zero-order chi connectivity index (χ0) is 24.1. The quantitative estimate of drug-likeness (QED) is 0.359. The maximum Gasteiger partial charge on any atom is 0.254 e. The molecule has 4 aromatic rings. The van der Waals surface area contributed by atoms with Crippen LogP contribution in [0.1, 0.15) is 53.6 Å². The summed E-state index contributed by atoms with van der Waals surface area (Å²) in [5.74, 6) is 1.11. The van der Waals surface area contributed by atoms with Gasteiger partial charge in [-0.3, -0.25) is 4.79 Å². The van der Waals surface area contributed by atoms with E-state index >= 15 is 0 Å². The van der Waals surface area contributed by atoms with E-state index in [2.05, 4.69) is 48.7 Å². The number of fused-ring (bicyclic) bond motifs is 1. The smallest absolute Gasteiger partial charge is 0.254 e. The van der Waals surface area contributed by atoms with Crippen molar-refractivity contribution in [1.82, 2.24) is 14.5 Å². The largest absolute Gasteiger partial charge is 0.330 e. The normalized spacial score (nSPS) is 12.3. The Kier molecular flexibility index (Phi) is 7.43. The zero-order valence-electron chi connectivity index (χ0n) is 20.3. The van der Waals surface area contributed by atoms with Crippen LogP contribution < -0.4 is 5.73 Å². The summed E-state index contributed by atoms with van der Waals surface area (Å²) >= 11 is 0. The van der Waals surface area contributed by atoms with Gasteiger partial charge in [-0.1, -0.05) is 74.5 Å². The van der Waals surface area contributed by atoms with E-state index in [1.54, 1.807) is 0 Å². The fourth-order valence-electron chi connectivity index (χ4n) is 4.65. The summed E-state index contributed by atoms with van der Waals surface area (Å²) in [5.41, 5.74) is 10.8. The van der Waals surface area contributed by atoms with Gasteiger partial charge in [0.25, 0.3) is 5.91 Å². The van der Waals surface area contributed by atoms with Gasteiger partial charge in [-0.15, -0.1) is 0 Å². The van der Waals surface area contributed by atoms with Crippen LogP contribution in [0.25, 0.3) is 11.0 Å². The number of para-hydroxylation sites is 2. The van der Waals surface area contributed by atoms with E-state index in [4.69, 9.17) is 10.7 Å². The summed E-state index contributed by atoms with van der Waals surface area (Å²) in [7, 11) is 0. The van der Waals surface area contributed by atoms with Gasteiger partial charge in [0.1, 0.15) is 5.82 Å². The summed E-state index contributed by atoms with van der Waals surface area (Å²) in [6.07, 6.45) is 0.736. The molecule has 0 saturated heterocycles. The molecule has 3 aromatic carbocycles. The van der Waals surface area contributed by atoms with E-state index in [0.717, 1.165) is 34.4 Å². The molecule has 1 aromatic heterocycles. The number of aryl methyl sites for hydroxylation is 1. The molecule has 0 spiro atoms. The highest BCUT2D eigenvalue weighted by Gasteiger charge is 2.33. The summed E-state index contributed by atoms with van der Waals surface area (Å²) in [6.45, 7) is 8.13. The van der Waals surface area contributed by atoms with Crippen molar-refractivity contribution in [1.29, 1.82) is 0 Å². The third kappa shape index (κ3) is 4.90. The maximum atomic E-state index is 13.9. The fraction of sp³-hybridized carbons (Fsp3) is 0.310. The topological polar surface area (TPSA) is 64.2 Å². The highest BCUT2D eigenvalue weighted by Crippen LogP contribution is 2.33. The van der Waals surface area contributed by atoms with Crippen LogP contribution in [-0.4, -0.2) is 33.4 Å². The van der Waals surface area contributed by atoms with Crippen molar-refractivity contribution >= 4 is 16.9 Å². The van der Waals surface area contributed by atoms with Gasteiger partial charge in [0, 0.05) is 18.7 Å². The molecule has 0 aliphatic rings. The highest BCUT2D eigenvalue weighted by molar-refractivity contribution is 5.96. The van der Waals surface area contributed by atoms with Crippen molar-refractivity contribution in [3.05, 3.63) is 101 Å². The minimum atomic E-state index is -0.185. The van der Waals surface area contributed by atoms with Crippen LogP contribution in [0.3, 0.4) is 0 Å². The van der Waals surface area contributed by atoms with Crippen molar-refractivity contribution in [3.8, 4) is 0 Å². The summed E-state index contributed by atoms with van der Waals surface area (Å²) in [5, 5.41) is 0. The van der Waals surface area contributed by atoms with E-state index in [1.165, 1.54) is 5.56 Å². The van der Waals surface area contributed by atoms with Crippen LogP contribution in [0.4, 0.5) is 0 Å². The molecule has 2 N–H and O–H groups in total. The number of amides is 1. The number of benzene rings is 3. The molecule has 1 heterocycles. The van der Waals surface area contributed by atoms with Crippen LogP contribution in [0, 0.1) is 12.8 Å². The first-order valence-corrected chi connectivity index (χ1v) is 12.1. The first-order valence-electron chi connectivity index (χ1n) is 12.1. The molecule has 4 rings (SSSR count). The van der Waals surface area contributed by atoms with E-state index in [-0.39, 0.29) is 17.9 Å². The van der Waals surface area contributed by atoms with Crippen molar-refractivity contribution in [2.24, 2.45) is 11.7 Å². The number of hydrogen-bond acceptors (Lipinski definition) is 3. The highest BCUT2D eigenvalue weighted by atomic mass is 16.2. The number of carbonyl (C=O) groups is 1. The Labute approximate surface area is 202 Å². The predicted molar refractivity (Wildman–Crippen MR) is 139 cm³/mol. The van der Waals surface area contributed by atoms with Crippen molar-refractivity contribution in [2.45, 2.75) is 39.8 Å². The molecule has 0 saturated carbocycles. The molecule has 1 atom stereocenters. The second kappa shape index (κ2) is 10.7. The molecule has 0 radical (unpaired) electrons. The molecule has 5 heteroatoms. The lowest BCUT2D eigenvalue weighted by Gasteiger charge is -2.35. The third-order valence-electron chi connectivity index (χ3n) is 6.34. The zero-order valence-corrected chi connectivity index (χ0v) is 20.3. The summed E-state index contributed by atoms with van der Waals surface area (Å²) in [6, 6.07) is 26.2.